The number of halogens is 2. The molecule has 0 radical (unpaired) electrons. The Kier molecular flexibility index (Phi) is 5.62. The molecule has 1 aliphatic heterocycles. The Bertz CT molecular complexity index is 937. The van der Waals surface area contributed by atoms with Crippen LogP contribution in [0.3, 0.4) is 0 Å². The number of rotatable bonds is 7. The molecule has 1 aliphatic rings. The van der Waals surface area contributed by atoms with Crippen LogP contribution in [-0.4, -0.2) is 42.9 Å². The van der Waals surface area contributed by atoms with Crippen LogP contribution in [0.5, 0.6) is 11.5 Å². The summed E-state index contributed by atoms with van der Waals surface area (Å²) in [7, 11) is 3.11. The second-order valence-electron chi connectivity index (χ2n) is 6.03. The molecule has 1 aromatic heterocycles. The number of methoxy groups -OCH3 is 2. The predicted octanol–water partition coefficient (Wildman–Crippen LogP) is 2.92. The number of hydrogen-bond donors (Lipinski definition) is 2. The molecule has 1 amide bonds. The zero-order chi connectivity index (χ0) is 20.3. The third-order valence-electron chi connectivity index (χ3n) is 4.23. The summed E-state index contributed by atoms with van der Waals surface area (Å²) >= 11 is 0. The summed E-state index contributed by atoms with van der Waals surface area (Å²) in [5.41, 5.74) is 1.05. The van der Waals surface area contributed by atoms with Gasteiger partial charge in [0.05, 0.1) is 20.4 Å². The molecule has 9 heteroatoms. The molecule has 0 saturated heterocycles. The molecule has 0 fully saturated rings. The van der Waals surface area contributed by atoms with Gasteiger partial charge >= 0.3 is 0 Å². The van der Waals surface area contributed by atoms with Crippen molar-refractivity contribution in [3.05, 3.63) is 53.9 Å². The highest BCUT2D eigenvalue weighted by Gasteiger charge is 2.26. The van der Waals surface area contributed by atoms with Crippen molar-refractivity contribution in [3.8, 4) is 11.5 Å². The first-order valence-electron chi connectivity index (χ1n) is 8.47. The van der Waals surface area contributed by atoms with Crippen LogP contribution in [0.15, 0.2) is 42.7 Å². The van der Waals surface area contributed by atoms with Crippen molar-refractivity contribution in [2.45, 2.75) is 12.8 Å². The maximum Gasteiger partial charge on any atom is 0.280 e. The van der Waals surface area contributed by atoms with Gasteiger partial charge in [0.25, 0.3) is 12.3 Å². The summed E-state index contributed by atoms with van der Waals surface area (Å²) in [4.78, 5) is 12.5. The average Bonchev–Trinajstić information content (AvgIpc) is 3.10. The highest BCUT2D eigenvalue weighted by molar-refractivity contribution is 6.00. The molecule has 0 bridgehead atoms. The summed E-state index contributed by atoms with van der Waals surface area (Å²) in [5, 5.41) is 9.48. The summed E-state index contributed by atoms with van der Waals surface area (Å²) in [6, 6.07) is 5.50. The minimum absolute atomic E-state index is 0.166. The number of nitrogens with zero attached hydrogens (tertiary/aromatic N) is 2. The van der Waals surface area contributed by atoms with Gasteiger partial charge in [-0.1, -0.05) is 12.6 Å². The molecule has 0 saturated carbocycles. The van der Waals surface area contributed by atoms with Crippen LogP contribution in [0, 0.1) is 0 Å². The van der Waals surface area contributed by atoms with Gasteiger partial charge in [0.1, 0.15) is 17.1 Å². The molecule has 0 unspecified atom stereocenters. The van der Waals surface area contributed by atoms with E-state index in [1.165, 1.54) is 12.3 Å². The fourth-order valence-corrected chi connectivity index (χ4v) is 2.87. The Hall–Kier alpha value is -3.36. The number of alkyl halides is 2. The van der Waals surface area contributed by atoms with Crippen molar-refractivity contribution in [3.63, 3.8) is 0 Å². The molecule has 28 heavy (non-hydrogen) atoms. The minimum Gasteiger partial charge on any atom is -0.493 e. The second kappa shape index (κ2) is 8.12. The lowest BCUT2D eigenvalue weighted by atomic mass is 10.1. The first-order chi connectivity index (χ1) is 13.4. The van der Waals surface area contributed by atoms with Gasteiger partial charge in [0.15, 0.2) is 11.5 Å². The van der Waals surface area contributed by atoms with Gasteiger partial charge in [-0.25, -0.2) is 13.5 Å². The topological polar surface area (TPSA) is 77.4 Å². The highest BCUT2D eigenvalue weighted by atomic mass is 19.3. The monoisotopic (exact) mass is 390 g/mol. The zero-order valence-corrected chi connectivity index (χ0v) is 15.5. The van der Waals surface area contributed by atoms with E-state index in [9.17, 15) is 13.6 Å². The van der Waals surface area contributed by atoms with Gasteiger partial charge in [-0.2, -0.15) is 5.10 Å². The molecule has 0 aliphatic carbocycles. The van der Waals surface area contributed by atoms with Gasteiger partial charge in [-0.3, -0.25) is 4.79 Å². The summed E-state index contributed by atoms with van der Waals surface area (Å²) < 4.78 is 37.8. The lowest BCUT2D eigenvalue weighted by molar-refractivity contribution is 0.0955. The van der Waals surface area contributed by atoms with E-state index < -0.39 is 12.3 Å². The van der Waals surface area contributed by atoms with E-state index in [4.69, 9.17) is 9.47 Å². The summed E-state index contributed by atoms with van der Waals surface area (Å²) in [5.74, 6) is 0.978. The fraction of sp³-hybridized carbons (Fsp3) is 0.263. The van der Waals surface area contributed by atoms with E-state index in [1.54, 1.807) is 20.3 Å². The lowest BCUT2D eigenvalue weighted by Crippen LogP contribution is -2.27. The maximum atomic E-state index is 13.2. The van der Waals surface area contributed by atoms with Crippen molar-refractivity contribution in [2.75, 3.05) is 26.1 Å². The van der Waals surface area contributed by atoms with Crippen LogP contribution < -0.4 is 20.1 Å². The Morgan fingerprint density at radius 2 is 2.07 bits per heavy atom. The van der Waals surface area contributed by atoms with Crippen LogP contribution in [-0.2, 0) is 6.42 Å². The number of amides is 1. The highest BCUT2D eigenvalue weighted by Crippen LogP contribution is 2.30. The summed E-state index contributed by atoms with van der Waals surface area (Å²) in [6.45, 7) is 3.99. The predicted molar refractivity (Wildman–Crippen MR) is 101 cm³/mol. The van der Waals surface area contributed by atoms with E-state index in [2.05, 4.69) is 22.3 Å². The van der Waals surface area contributed by atoms with Gasteiger partial charge < -0.3 is 20.1 Å². The molecule has 1 aromatic carbocycles. The van der Waals surface area contributed by atoms with E-state index in [0.717, 1.165) is 10.2 Å². The number of ether oxygens (including phenoxy) is 2. The largest absolute Gasteiger partial charge is 0.493 e. The Morgan fingerprint density at radius 3 is 2.75 bits per heavy atom. The summed E-state index contributed by atoms with van der Waals surface area (Å²) in [6.07, 6.45) is 0.267. The number of carbonyl (C=O) groups excluding carboxylic acids is 1. The number of benzene rings is 1. The van der Waals surface area contributed by atoms with Crippen molar-refractivity contribution < 1.29 is 23.0 Å². The lowest BCUT2D eigenvalue weighted by Gasteiger charge is -2.19. The number of carbonyl (C=O) groups is 1. The minimum atomic E-state index is -2.74. The van der Waals surface area contributed by atoms with Crippen LogP contribution in [0.4, 0.5) is 14.6 Å². The molecule has 148 valence electrons. The Morgan fingerprint density at radius 1 is 1.32 bits per heavy atom. The third kappa shape index (κ3) is 3.83. The zero-order valence-electron chi connectivity index (χ0n) is 15.5. The smallest absolute Gasteiger partial charge is 0.280 e. The van der Waals surface area contributed by atoms with Gasteiger partial charge in [0, 0.05) is 12.2 Å². The van der Waals surface area contributed by atoms with Crippen molar-refractivity contribution in [2.24, 2.45) is 0 Å². The van der Waals surface area contributed by atoms with Crippen LogP contribution in [0.2, 0.25) is 0 Å². The van der Waals surface area contributed by atoms with E-state index in [1.807, 2.05) is 12.1 Å². The second-order valence-corrected chi connectivity index (χ2v) is 6.03. The van der Waals surface area contributed by atoms with E-state index in [0.29, 0.717) is 24.5 Å². The van der Waals surface area contributed by atoms with E-state index >= 15 is 0 Å². The Labute approximate surface area is 160 Å². The third-order valence-corrected chi connectivity index (χ3v) is 4.23. The molecule has 0 spiro atoms. The molecule has 3 rings (SSSR count). The molecule has 0 atom stereocenters. The molecule has 2 aromatic rings. The van der Waals surface area contributed by atoms with Crippen LogP contribution in [0.25, 0.3) is 5.70 Å². The normalized spacial score (nSPS) is 12.9. The maximum absolute atomic E-state index is 13.2. The number of aromatic nitrogens is 2. The van der Waals surface area contributed by atoms with Gasteiger partial charge in [0.2, 0.25) is 0 Å². The number of fused-ring (bicyclic) bond motifs is 1. The van der Waals surface area contributed by atoms with Crippen LogP contribution in [0.1, 0.15) is 15.9 Å². The SMILES string of the molecule is C=C1C=C(C(F)F)n2ncc(C(=O)NCCc3ccc(OC)c(OC)c3)c2N1. The Balaban J connectivity index is 1.67. The number of anilines is 1. The molecular formula is C19H20F2N4O3. The quantitative estimate of drug-likeness (QED) is 0.760. The van der Waals surface area contributed by atoms with Crippen molar-refractivity contribution >= 4 is 17.4 Å². The standard InChI is InChI=1S/C19H20F2N4O3/c1-11-8-14(17(20)21)25-18(24-11)13(10-23-25)19(26)22-7-6-12-4-5-15(27-2)16(9-12)28-3/h4-5,8-10,17,24H,1,6-7H2,2-3H3,(H,22,26). The molecule has 2 N–H and O–H groups in total. The van der Waals surface area contributed by atoms with Gasteiger partial charge in [-0.05, 0) is 30.2 Å². The van der Waals surface area contributed by atoms with Crippen molar-refractivity contribution in [1.29, 1.82) is 0 Å². The fourth-order valence-electron chi connectivity index (χ4n) is 2.87. The average molecular weight is 390 g/mol. The molecular weight excluding hydrogens is 370 g/mol. The first-order valence-corrected chi connectivity index (χ1v) is 8.47. The van der Waals surface area contributed by atoms with Crippen LogP contribution >= 0.6 is 0 Å². The molecule has 7 nitrogen and oxygen atoms in total. The first kappa shape index (κ1) is 19.4. The number of nitrogens with one attached hydrogen (secondary N) is 2. The number of hydrogen-bond acceptors (Lipinski definition) is 5. The number of allylic oxidation sites excluding steroid dienone is 2. The van der Waals surface area contributed by atoms with Crippen molar-refractivity contribution in [1.82, 2.24) is 15.1 Å². The molecule has 2 heterocycles. The van der Waals surface area contributed by atoms with Gasteiger partial charge in [-0.15, -0.1) is 0 Å². The van der Waals surface area contributed by atoms with E-state index in [-0.39, 0.29) is 22.8 Å².